The van der Waals surface area contributed by atoms with Crippen LogP contribution < -0.4 is 5.73 Å². The van der Waals surface area contributed by atoms with Gasteiger partial charge in [0.05, 0.1) is 29.4 Å². The molecule has 0 saturated carbocycles. The molecule has 2 amide bonds. The third-order valence-electron chi connectivity index (χ3n) is 6.32. The largest absolute Gasteiger partial charge is 0.369 e. The fraction of sp³-hybridized carbons (Fsp3) is 0.231. The number of halogens is 1. The van der Waals surface area contributed by atoms with E-state index in [1.165, 1.54) is 12.1 Å². The van der Waals surface area contributed by atoms with Gasteiger partial charge in [-0.1, -0.05) is 42.5 Å². The van der Waals surface area contributed by atoms with Gasteiger partial charge in [0.1, 0.15) is 5.82 Å². The standard InChI is InChI=1S/C26H24FN5O2/c27-20-8-4-5-17(13-20)16-32-25-22(15-29-32)21(14-23(30-25)18-6-2-1-3-7-18)26(34)31-11-9-19(10-12-31)24(28)33/h1-8,13-15,19H,9-12,16H2,(H2,28,33). The van der Waals surface area contributed by atoms with Crippen LogP contribution in [0.1, 0.15) is 28.8 Å². The predicted octanol–water partition coefficient (Wildman–Crippen LogP) is 3.62. The molecule has 7 nitrogen and oxygen atoms in total. The van der Waals surface area contributed by atoms with E-state index in [9.17, 15) is 14.0 Å². The van der Waals surface area contributed by atoms with Crippen LogP contribution in [0.5, 0.6) is 0 Å². The fourth-order valence-corrected chi connectivity index (χ4v) is 4.44. The Morgan fingerprint density at radius 3 is 2.50 bits per heavy atom. The molecule has 34 heavy (non-hydrogen) atoms. The maximum atomic E-state index is 13.7. The molecule has 1 saturated heterocycles. The first kappa shape index (κ1) is 21.8. The van der Waals surface area contributed by atoms with Crippen molar-refractivity contribution in [3.63, 3.8) is 0 Å². The summed E-state index contributed by atoms with van der Waals surface area (Å²) in [7, 11) is 0. The Morgan fingerprint density at radius 2 is 1.79 bits per heavy atom. The van der Waals surface area contributed by atoms with Gasteiger partial charge in [0.15, 0.2) is 5.65 Å². The third kappa shape index (κ3) is 4.26. The number of fused-ring (bicyclic) bond motifs is 1. The predicted molar refractivity (Wildman–Crippen MR) is 126 cm³/mol. The van der Waals surface area contributed by atoms with Crippen LogP contribution in [-0.4, -0.2) is 44.6 Å². The Hall–Kier alpha value is -4.07. The number of carbonyl (C=O) groups is 2. The molecule has 0 spiro atoms. The van der Waals surface area contributed by atoms with Crippen molar-refractivity contribution in [1.82, 2.24) is 19.7 Å². The summed E-state index contributed by atoms with van der Waals surface area (Å²) in [6.07, 6.45) is 2.75. The number of benzene rings is 2. The van der Waals surface area contributed by atoms with Crippen LogP contribution in [0.15, 0.2) is 66.9 Å². The first-order valence-corrected chi connectivity index (χ1v) is 11.2. The molecule has 0 atom stereocenters. The number of rotatable bonds is 5. The monoisotopic (exact) mass is 457 g/mol. The van der Waals surface area contributed by atoms with Gasteiger partial charge in [-0.25, -0.2) is 14.1 Å². The van der Waals surface area contributed by atoms with Crippen LogP contribution in [0.3, 0.4) is 0 Å². The van der Waals surface area contributed by atoms with Crippen molar-refractivity contribution in [2.75, 3.05) is 13.1 Å². The lowest BCUT2D eigenvalue weighted by Crippen LogP contribution is -2.41. The molecule has 5 rings (SSSR count). The van der Waals surface area contributed by atoms with Crippen molar-refractivity contribution in [3.8, 4) is 11.3 Å². The molecule has 4 aromatic rings. The molecule has 0 bridgehead atoms. The third-order valence-corrected chi connectivity index (χ3v) is 6.32. The van der Waals surface area contributed by atoms with Crippen LogP contribution >= 0.6 is 0 Å². The number of pyridine rings is 1. The summed E-state index contributed by atoms with van der Waals surface area (Å²) in [6.45, 7) is 1.26. The Bertz CT molecular complexity index is 1360. The summed E-state index contributed by atoms with van der Waals surface area (Å²) in [4.78, 5) is 31.7. The number of aromatic nitrogens is 3. The van der Waals surface area contributed by atoms with Crippen molar-refractivity contribution in [2.24, 2.45) is 11.7 Å². The SMILES string of the molecule is NC(=O)C1CCN(C(=O)c2cc(-c3ccccc3)nc3c2cnn3Cc2cccc(F)c2)CC1. The van der Waals surface area contributed by atoms with Gasteiger partial charge < -0.3 is 10.6 Å². The number of nitrogens with zero attached hydrogens (tertiary/aromatic N) is 4. The van der Waals surface area contributed by atoms with Crippen LogP contribution in [-0.2, 0) is 11.3 Å². The molecule has 1 aliphatic rings. The normalized spacial score (nSPS) is 14.4. The van der Waals surface area contributed by atoms with Crippen molar-refractivity contribution in [2.45, 2.75) is 19.4 Å². The highest BCUT2D eigenvalue weighted by Gasteiger charge is 2.28. The second-order valence-corrected chi connectivity index (χ2v) is 8.56. The minimum atomic E-state index is -0.317. The zero-order chi connectivity index (χ0) is 23.7. The molecule has 0 unspecified atom stereocenters. The van der Waals surface area contributed by atoms with Crippen molar-refractivity contribution >= 4 is 22.8 Å². The van der Waals surface area contributed by atoms with Crippen molar-refractivity contribution < 1.29 is 14.0 Å². The summed E-state index contributed by atoms with van der Waals surface area (Å²) < 4.78 is 15.4. The van der Waals surface area contributed by atoms with Gasteiger partial charge in [-0.2, -0.15) is 5.10 Å². The van der Waals surface area contributed by atoms with Crippen LogP contribution in [0.25, 0.3) is 22.3 Å². The summed E-state index contributed by atoms with van der Waals surface area (Å²) >= 11 is 0. The zero-order valence-electron chi connectivity index (χ0n) is 18.5. The molecule has 3 heterocycles. The van der Waals surface area contributed by atoms with Gasteiger partial charge in [-0.05, 0) is 36.6 Å². The maximum Gasteiger partial charge on any atom is 0.254 e. The van der Waals surface area contributed by atoms with Gasteiger partial charge in [-0.3, -0.25) is 9.59 Å². The fourth-order valence-electron chi connectivity index (χ4n) is 4.44. The minimum absolute atomic E-state index is 0.127. The molecule has 0 aliphatic carbocycles. The lowest BCUT2D eigenvalue weighted by molar-refractivity contribution is -0.123. The van der Waals surface area contributed by atoms with E-state index in [0.29, 0.717) is 54.8 Å². The summed E-state index contributed by atoms with van der Waals surface area (Å²) in [6, 6.07) is 17.8. The Morgan fingerprint density at radius 1 is 1.03 bits per heavy atom. The second-order valence-electron chi connectivity index (χ2n) is 8.56. The van der Waals surface area contributed by atoms with E-state index >= 15 is 0 Å². The van der Waals surface area contributed by atoms with E-state index in [2.05, 4.69) is 5.10 Å². The molecule has 172 valence electrons. The molecular weight excluding hydrogens is 433 g/mol. The number of likely N-dealkylation sites (tertiary alicyclic amines) is 1. The van der Waals surface area contributed by atoms with Crippen LogP contribution in [0.2, 0.25) is 0 Å². The molecule has 8 heteroatoms. The lowest BCUT2D eigenvalue weighted by atomic mass is 9.95. The average Bonchev–Trinajstić information content (AvgIpc) is 3.26. The van der Waals surface area contributed by atoms with Gasteiger partial charge in [0.2, 0.25) is 5.91 Å². The average molecular weight is 458 g/mol. The molecule has 2 aromatic heterocycles. The van der Waals surface area contributed by atoms with Gasteiger partial charge in [0, 0.05) is 24.6 Å². The highest BCUT2D eigenvalue weighted by atomic mass is 19.1. The smallest absolute Gasteiger partial charge is 0.254 e. The van der Waals surface area contributed by atoms with Crippen molar-refractivity contribution in [3.05, 3.63) is 83.8 Å². The van der Waals surface area contributed by atoms with Crippen molar-refractivity contribution in [1.29, 1.82) is 0 Å². The Kier molecular flexibility index (Phi) is 5.79. The first-order chi connectivity index (χ1) is 16.5. The Labute approximate surface area is 196 Å². The topological polar surface area (TPSA) is 94.1 Å². The molecule has 2 N–H and O–H groups in total. The number of nitrogens with two attached hydrogens (primary N) is 1. The number of carbonyl (C=O) groups excluding carboxylic acids is 2. The number of hydrogen-bond donors (Lipinski definition) is 1. The van der Waals surface area contributed by atoms with E-state index in [0.717, 1.165) is 11.1 Å². The molecule has 1 fully saturated rings. The lowest BCUT2D eigenvalue weighted by Gasteiger charge is -2.30. The van der Waals surface area contributed by atoms with E-state index in [1.54, 1.807) is 27.9 Å². The van der Waals surface area contributed by atoms with E-state index in [1.807, 2.05) is 36.4 Å². The van der Waals surface area contributed by atoms with E-state index in [4.69, 9.17) is 10.7 Å². The first-order valence-electron chi connectivity index (χ1n) is 11.2. The van der Waals surface area contributed by atoms with Gasteiger partial charge >= 0.3 is 0 Å². The highest BCUT2D eigenvalue weighted by Crippen LogP contribution is 2.28. The number of primary amides is 1. The Balaban J connectivity index is 1.56. The van der Waals surface area contributed by atoms with Crippen LogP contribution in [0.4, 0.5) is 4.39 Å². The van der Waals surface area contributed by atoms with E-state index in [-0.39, 0.29) is 23.5 Å². The zero-order valence-corrected chi connectivity index (χ0v) is 18.5. The summed E-state index contributed by atoms with van der Waals surface area (Å²) in [5.41, 5.74) is 8.80. The molecule has 0 radical (unpaired) electrons. The summed E-state index contributed by atoms with van der Waals surface area (Å²) in [5, 5.41) is 5.12. The summed E-state index contributed by atoms with van der Waals surface area (Å²) in [5.74, 6) is -0.960. The van der Waals surface area contributed by atoms with E-state index < -0.39 is 0 Å². The number of hydrogen-bond acceptors (Lipinski definition) is 4. The second kappa shape index (κ2) is 9.05. The quantitative estimate of drug-likeness (QED) is 0.495. The number of piperidine rings is 1. The number of amides is 2. The maximum absolute atomic E-state index is 13.7. The molecule has 2 aromatic carbocycles. The van der Waals surface area contributed by atoms with Crippen LogP contribution in [0, 0.1) is 11.7 Å². The molecular formula is C26H24FN5O2. The van der Waals surface area contributed by atoms with Gasteiger partial charge in [-0.15, -0.1) is 0 Å². The minimum Gasteiger partial charge on any atom is -0.369 e. The van der Waals surface area contributed by atoms with Gasteiger partial charge in [0.25, 0.3) is 5.91 Å². The highest BCUT2D eigenvalue weighted by molar-refractivity contribution is 6.06. The molecule has 1 aliphatic heterocycles.